The Kier molecular flexibility index (Phi) is 6.11. The maximum Gasteiger partial charge on any atom is 0.269 e. The van der Waals surface area contributed by atoms with Crippen molar-refractivity contribution in [3.05, 3.63) is 59.7 Å². The highest BCUT2D eigenvalue weighted by Crippen LogP contribution is 2.61. The lowest BCUT2D eigenvalue weighted by Gasteiger charge is -2.56. The number of hydrogen-bond donors (Lipinski definition) is 2. The van der Waals surface area contributed by atoms with E-state index >= 15 is 0 Å². The molecule has 8 heteroatoms. The van der Waals surface area contributed by atoms with Crippen LogP contribution in [0.3, 0.4) is 0 Å². The molecule has 0 radical (unpaired) electrons. The Morgan fingerprint density at radius 1 is 0.943 bits per heavy atom. The van der Waals surface area contributed by atoms with E-state index in [1.54, 1.807) is 12.1 Å². The SMILES string of the molecule is Cc1ccc(N(C)S(=O)(=O)c2cccc(C(=O)NNC(=O)CC34CC5CC(CC(C5)C3)C4)c2)cc1. The van der Waals surface area contributed by atoms with Crippen molar-refractivity contribution in [3.8, 4) is 0 Å². The van der Waals surface area contributed by atoms with Gasteiger partial charge in [-0.25, -0.2) is 8.42 Å². The first-order valence-electron chi connectivity index (χ1n) is 12.4. The van der Waals surface area contributed by atoms with Crippen LogP contribution in [0.25, 0.3) is 0 Å². The van der Waals surface area contributed by atoms with Gasteiger partial charge in [-0.2, -0.15) is 0 Å². The minimum absolute atomic E-state index is 0.00752. The molecule has 0 saturated heterocycles. The maximum atomic E-state index is 13.1. The lowest BCUT2D eigenvalue weighted by Crippen LogP contribution is -2.50. The molecule has 0 atom stereocenters. The number of amides is 2. The molecule has 6 rings (SSSR count). The fourth-order valence-electron chi connectivity index (χ4n) is 6.94. The molecule has 4 aliphatic carbocycles. The second-order valence-corrected chi connectivity index (χ2v) is 12.9. The van der Waals surface area contributed by atoms with Crippen molar-refractivity contribution in [2.24, 2.45) is 23.2 Å². The third-order valence-corrected chi connectivity index (χ3v) is 9.95. The number of carbonyl (C=O) groups excluding carboxylic acids is 2. The smallest absolute Gasteiger partial charge is 0.269 e. The van der Waals surface area contributed by atoms with E-state index in [4.69, 9.17) is 0 Å². The van der Waals surface area contributed by atoms with Gasteiger partial charge in [-0.15, -0.1) is 0 Å². The molecule has 0 aliphatic heterocycles. The van der Waals surface area contributed by atoms with E-state index in [2.05, 4.69) is 10.9 Å². The lowest BCUT2D eigenvalue weighted by molar-refractivity contribution is -0.130. The van der Waals surface area contributed by atoms with Gasteiger partial charge in [-0.3, -0.25) is 24.7 Å². The molecule has 2 amide bonds. The first kappa shape index (κ1) is 23.9. The number of sulfonamides is 1. The zero-order chi connectivity index (χ0) is 24.8. The molecule has 0 heterocycles. The molecule has 0 unspecified atom stereocenters. The van der Waals surface area contributed by atoms with Gasteiger partial charge in [-0.05, 0) is 98.9 Å². The molecule has 2 aromatic rings. The van der Waals surface area contributed by atoms with Crippen molar-refractivity contribution in [3.63, 3.8) is 0 Å². The maximum absolute atomic E-state index is 13.1. The van der Waals surface area contributed by atoms with Gasteiger partial charge in [0.2, 0.25) is 5.91 Å². The Morgan fingerprint density at radius 2 is 1.54 bits per heavy atom. The molecule has 2 N–H and O–H groups in total. The quantitative estimate of drug-likeness (QED) is 0.588. The van der Waals surface area contributed by atoms with Gasteiger partial charge in [0.05, 0.1) is 10.6 Å². The number of hydrazine groups is 1. The van der Waals surface area contributed by atoms with Crippen LogP contribution in [-0.2, 0) is 14.8 Å². The first-order chi connectivity index (χ1) is 16.6. The van der Waals surface area contributed by atoms with Gasteiger partial charge in [0.1, 0.15) is 0 Å². The van der Waals surface area contributed by atoms with E-state index in [0.717, 1.165) is 42.6 Å². The molecule has 4 bridgehead atoms. The molecule has 0 spiro atoms. The molecule has 35 heavy (non-hydrogen) atoms. The van der Waals surface area contributed by atoms with Gasteiger partial charge < -0.3 is 0 Å². The molecule has 4 saturated carbocycles. The number of aryl methyl sites for hydroxylation is 1. The molecule has 186 valence electrons. The summed E-state index contributed by atoms with van der Waals surface area (Å²) in [4.78, 5) is 25.5. The summed E-state index contributed by atoms with van der Waals surface area (Å²) in [7, 11) is -2.37. The number of nitrogens with one attached hydrogen (secondary N) is 2. The molecule has 4 aliphatic rings. The zero-order valence-corrected chi connectivity index (χ0v) is 21.1. The van der Waals surface area contributed by atoms with Crippen LogP contribution >= 0.6 is 0 Å². The summed E-state index contributed by atoms with van der Waals surface area (Å²) in [6, 6.07) is 13.0. The molecule has 0 aromatic heterocycles. The second kappa shape index (κ2) is 8.97. The predicted molar refractivity (Wildman–Crippen MR) is 134 cm³/mol. The number of hydrogen-bond acceptors (Lipinski definition) is 4. The minimum Gasteiger partial charge on any atom is -0.273 e. The van der Waals surface area contributed by atoms with E-state index in [0.29, 0.717) is 12.1 Å². The van der Waals surface area contributed by atoms with Gasteiger partial charge in [0, 0.05) is 19.0 Å². The summed E-state index contributed by atoms with van der Waals surface area (Å²) in [6.07, 6.45) is 7.74. The normalized spacial score (nSPS) is 26.9. The average Bonchev–Trinajstić information content (AvgIpc) is 2.81. The molecule has 7 nitrogen and oxygen atoms in total. The third kappa shape index (κ3) is 4.81. The van der Waals surface area contributed by atoms with Crippen LogP contribution < -0.4 is 15.2 Å². The highest BCUT2D eigenvalue weighted by atomic mass is 32.2. The Hall–Kier alpha value is -2.87. The Bertz CT molecular complexity index is 1200. The van der Waals surface area contributed by atoms with Gasteiger partial charge in [0.25, 0.3) is 15.9 Å². The topological polar surface area (TPSA) is 95.6 Å². The van der Waals surface area contributed by atoms with Crippen LogP contribution in [0.4, 0.5) is 5.69 Å². The van der Waals surface area contributed by atoms with Crippen LogP contribution in [-0.4, -0.2) is 27.3 Å². The fourth-order valence-corrected chi connectivity index (χ4v) is 8.18. The Labute approximate surface area is 207 Å². The lowest BCUT2D eigenvalue weighted by atomic mass is 9.49. The summed E-state index contributed by atoms with van der Waals surface area (Å²) in [5, 5.41) is 0. The molecular formula is C27H33N3O4S. The van der Waals surface area contributed by atoms with Crippen molar-refractivity contribution in [1.29, 1.82) is 0 Å². The molecular weight excluding hydrogens is 462 g/mol. The predicted octanol–water partition coefficient (Wildman–Crippen LogP) is 4.19. The van der Waals surface area contributed by atoms with Crippen LogP contribution in [0.1, 0.15) is 60.9 Å². The number of rotatable bonds is 6. The largest absolute Gasteiger partial charge is 0.273 e. The van der Waals surface area contributed by atoms with Gasteiger partial charge >= 0.3 is 0 Å². The first-order valence-corrected chi connectivity index (χ1v) is 13.8. The minimum atomic E-state index is -3.86. The second-order valence-electron chi connectivity index (χ2n) is 10.9. The van der Waals surface area contributed by atoms with Crippen molar-refractivity contribution in [2.75, 3.05) is 11.4 Å². The van der Waals surface area contributed by atoms with E-state index in [1.165, 1.54) is 54.9 Å². The highest BCUT2D eigenvalue weighted by molar-refractivity contribution is 7.92. The number of carbonyl (C=O) groups is 2. The molecule has 4 fully saturated rings. The van der Waals surface area contributed by atoms with Crippen LogP contribution in [0.2, 0.25) is 0 Å². The summed E-state index contributed by atoms with van der Waals surface area (Å²) in [5.74, 6) is 1.55. The van der Waals surface area contributed by atoms with Crippen LogP contribution in [0.5, 0.6) is 0 Å². The van der Waals surface area contributed by atoms with E-state index in [1.807, 2.05) is 19.1 Å². The summed E-state index contributed by atoms with van der Waals surface area (Å²) < 4.78 is 27.5. The summed E-state index contributed by atoms with van der Waals surface area (Å²) in [6.45, 7) is 1.93. The number of benzene rings is 2. The van der Waals surface area contributed by atoms with E-state index in [-0.39, 0.29) is 21.8 Å². The summed E-state index contributed by atoms with van der Waals surface area (Å²) in [5.41, 5.74) is 6.86. The number of nitrogens with zero attached hydrogens (tertiary/aromatic N) is 1. The zero-order valence-electron chi connectivity index (χ0n) is 20.3. The van der Waals surface area contributed by atoms with Crippen molar-refractivity contribution < 1.29 is 18.0 Å². The van der Waals surface area contributed by atoms with Crippen molar-refractivity contribution >= 4 is 27.5 Å². The average molecular weight is 496 g/mol. The Balaban J connectivity index is 1.22. The standard InChI is InChI=1S/C27H33N3O4S/c1-18-6-8-23(9-7-18)30(2)35(33,34)24-5-3-4-22(13-24)26(32)29-28-25(31)17-27-14-19-10-20(15-27)12-21(11-19)16-27/h3-9,13,19-21H,10-12,14-17H2,1-2H3,(H,28,31)(H,29,32). The summed E-state index contributed by atoms with van der Waals surface area (Å²) >= 11 is 0. The molecule has 2 aromatic carbocycles. The van der Waals surface area contributed by atoms with Crippen LogP contribution in [0, 0.1) is 30.1 Å². The fraction of sp³-hybridized carbons (Fsp3) is 0.481. The number of anilines is 1. The van der Waals surface area contributed by atoms with Crippen molar-refractivity contribution in [2.45, 2.75) is 56.8 Å². The van der Waals surface area contributed by atoms with Crippen LogP contribution in [0.15, 0.2) is 53.4 Å². The van der Waals surface area contributed by atoms with E-state index in [9.17, 15) is 18.0 Å². The Morgan fingerprint density at radius 3 is 2.14 bits per heavy atom. The third-order valence-electron chi connectivity index (χ3n) is 8.17. The highest BCUT2D eigenvalue weighted by Gasteiger charge is 2.51. The van der Waals surface area contributed by atoms with E-state index < -0.39 is 15.9 Å². The monoisotopic (exact) mass is 495 g/mol. The van der Waals surface area contributed by atoms with Crippen molar-refractivity contribution in [1.82, 2.24) is 10.9 Å². The van der Waals surface area contributed by atoms with Gasteiger partial charge in [0.15, 0.2) is 0 Å². The van der Waals surface area contributed by atoms with Gasteiger partial charge in [-0.1, -0.05) is 23.8 Å².